The second kappa shape index (κ2) is 8.11. The summed E-state index contributed by atoms with van der Waals surface area (Å²) in [5.74, 6) is 0. The van der Waals surface area contributed by atoms with Crippen LogP contribution in [0.1, 0.15) is 6.42 Å². The lowest BCUT2D eigenvalue weighted by Gasteiger charge is -2.18. The summed E-state index contributed by atoms with van der Waals surface area (Å²) in [5.41, 5.74) is 1.66. The number of hydrogen-bond acceptors (Lipinski definition) is 8. The highest BCUT2D eigenvalue weighted by Crippen LogP contribution is 2.22. The van der Waals surface area contributed by atoms with Crippen molar-refractivity contribution in [2.24, 2.45) is 10.2 Å². The molecule has 0 unspecified atom stereocenters. The molecular weight excluding hydrogens is 340 g/mol. The van der Waals surface area contributed by atoms with Crippen LogP contribution in [0.5, 0.6) is 0 Å². The van der Waals surface area contributed by atoms with E-state index in [-0.39, 0.29) is 6.61 Å². The first-order valence-electron chi connectivity index (χ1n) is 6.68. The van der Waals surface area contributed by atoms with E-state index in [0.29, 0.717) is 23.8 Å². The zero-order valence-corrected chi connectivity index (χ0v) is 14.0. The van der Waals surface area contributed by atoms with E-state index in [1.54, 1.807) is 6.20 Å². The van der Waals surface area contributed by atoms with E-state index < -0.39 is 10.4 Å². The molecule has 10 heteroatoms. The molecule has 0 saturated carbocycles. The van der Waals surface area contributed by atoms with Gasteiger partial charge in [-0.15, -0.1) is 21.6 Å². The molecule has 1 aromatic carbocycles. The zero-order valence-electron chi connectivity index (χ0n) is 12.4. The smallest absolute Gasteiger partial charge is 0.375 e. The van der Waals surface area contributed by atoms with Gasteiger partial charge >= 0.3 is 10.4 Å². The molecule has 0 aliphatic carbocycles. The van der Waals surface area contributed by atoms with Crippen molar-refractivity contribution in [2.45, 2.75) is 6.42 Å². The van der Waals surface area contributed by atoms with Gasteiger partial charge in [0.15, 0.2) is 0 Å². The first-order valence-corrected chi connectivity index (χ1v) is 8.93. The van der Waals surface area contributed by atoms with Gasteiger partial charge in [0.05, 0.1) is 12.3 Å². The predicted octanol–water partition coefficient (Wildman–Crippen LogP) is 3.20. The van der Waals surface area contributed by atoms with Crippen molar-refractivity contribution in [3.63, 3.8) is 0 Å². The minimum atomic E-state index is -4.36. The molecule has 1 heterocycles. The van der Waals surface area contributed by atoms with Crippen molar-refractivity contribution >= 4 is 38.2 Å². The molecular formula is C13H16N4O4S2. The van der Waals surface area contributed by atoms with Crippen molar-refractivity contribution in [3.05, 3.63) is 35.8 Å². The van der Waals surface area contributed by atoms with Crippen LogP contribution in [0.25, 0.3) is 0 Å². The molecule has 0 saturated heterocycles. The summed E-state index contributed by atoms with van der Waals surface area (Å²) in [5, 5.41) is 10.5. The van der Waals surface area contributed by atoms with Crippen molar-refractivity contribution in [3.8, 4) is 0 Å². The van der Waals surface area contributed by atoms with Crippen LogP contribution in [0, 0.1) is 0 Å². The van der Waals surface area contributed by atoms with E-state index >= 15 is 0 Å². The predicted molar refractivity (Wildman–Crippen MR) is 88.1 cm³/mol. The average Bonchev–Trinajstić information content (AvgIpc) is 3.02. The summed E-state index contributed by atoms with van der Waals surface area (Å²) < 4.78 is 33.6. The second-order valence-corrected chi connectivity index (χ2v) is 6.52. The van der Waals surface area contributed by atoms with Crippen LogP contribution in [-0.2, 0) is 14.6 Å². The SMILES string of the molecule is CN(CCCOS(=O)(=O)O)c1ccc(N=Nc2nccs2)cc1. The average molecular weight is 356 g/mol. The van der Waals surface area contributed by atoms with Crippen LogP contribution in [0.3, 0.4) is 0 Å². The molecule has 0 aliphatic heterocycles. The Balaban J connectivity index is 1.83. The summed E-state index contributed by atoms with van der Waals surface area (Å²) in [4.78, 5) is 5.95. The Morgan fingerprint density at radius 1 is 1.30 bits per heavy atom. The molecule has 0 amide bonds. The van der Waals surface area contributed by atoms with E-state index in [9.17, 15) is 8.42 Å². The van der Waals surface area contributed by atoms with Gasteiger partial charge in [0.1, 0.15) is 0 Å². The highest BCUT2D eigenvalue weighted by molar-refractivity contribution is 7.80. The maximum Gasteiger partial charge on any atom is 0.397 e. The van der Waals surface area contributed by atoms with Gasteiger partial charge in [0.2, 0.25) is 5.13 Å². The quantitative estimate of drug-likeness (QED) is 0.442. The molecule has 2 aromatic rings. The number of azo groups is 1. The third kappa shape index (κ3) is 6.40. The first kappa shape index (κ1) is 17.5. The van der Waals surface area contributed by atoms with Gasteiger partial charge in [-0.3, -0.25) is 4.55 Å². The van der Waals surface area contributed by atoms with Crippen LogP contribution >= 0.6 is 11.3 Å². The van der Waals surface area contributed by atoms with Crippen LogP contribution in [-0.4, -0.2) is 38.2 Å². The monoisotopic (exact) mass is 356 g/mol. The van der Waals surface area contributed by atoms with Crippen molar-refractivity contribution in [2.75, 3.05) is 25.1 Å². The number of aromatic nitrogens is 1. The van der Waals surface area contributed by atoms with Gasteiger partial charge in [-0.05, 0) is 30.7 Å². The van der Waals surface area contributed by atoms with Gasteiger partial charge in [0.25, 0.3) is 0 Å². The number of thiazole rings is 1. The molecule has 0 atom stereocenters. The van der Waals surface area contributed by atoms with E-state index in [1.165, 1.54) is 11.3 Å². The Morgan fingerprint density at radius 2 is 2.04 bits per heavy atom. The largest absolute Gasteiger partial charge is 0.397 e. The number of nitrogens with zero attached hydrogens (tertiary/aromatic N) is 4. The van der Waals surface area contributed by atoms with Crippen LogP contribution in [0.15, 0.2) is 46.1 Å². The summed E-state index contributed by atoms with van der Waals surface area (Å²) in [6, 6.07) is 7.44. The molecule has 0 bridgehead atoms. The van der Waals surface area contributed by atoms with E-state index in [1.807, 2.05) is 41.6 Å². The topological polar surface area (TPSA) is 104 Å². The van der Waals surface area contributed by atoms with Gasteiger partial charge in [0, 0.05) is 30.9 Å². The maximum absolute atomic E-state index is 10.4. The highest BCUT2D eigenvalue weighted by atomic mass is 32.3. The van der Waals surface area contributed by atoms with E-state index in [0.717, 1.165) is 5.69 Å². The lowest BCUT2D eigenvalue weighted by Crippen LogP contribution is -2.20. The molecule has 0 aliphatic rings. The van der Waals surface area contributed by atoms with Crippen LogP contribution < -0.4 is 4.90 Å². The molecule has 2 rings (SSSR count). The molecule has 23 heavy (non-hydrogen) atoms. The lowest BCUT2D eigenvalue weighted by atomic mass is 10.2. The molecule has 0 radical (unpaired) electrons. The van der Waals surface area contributed by atoms with Gasteiger partial charge in [-0.25, -0.2) is 9.17 Å². The molecule has 1 aromatic heterocycles. The first-order chi connectivity index (χ1) is 10.9. The molecule has 8 nitrogen and oxygen atoms in total. The van der Waals surface area contributed by atoms with Crippen molar-refractivity contribution < 1.29 is 17.2 Å². The third-order valence-corrected chi connectivity index (χ3v) is 3.95. The van der Waals surface area contributed by atoms with Gasteiger partial charge in [-0.1, -0.05) is 0 Å². The fourth-order valence-corrected chi connectivity index (χ4v) is 2.52. The maximum atomic E-state index is 10.4. The second-order valence-electron chi connectivity index (χ2n) is 4.56. The number of rotatable bonds is 8. The van der Waals surface area contributed by atoms with Crippen molar-refractivity contribution in [1.29, 1.82) is 0 Å². The lowest BCUT2D eigenvalue weighted by molar-refractivity contribution is 0.266. The summed E-state index contributed by atoms with van der Waals surface area (Å²) >= 11 is 1.41. The Labute approximate surface area is 138 Å². The zero-order chi connectivity index (χ0) is 16.7. The molecule has 1 N–H and O–H groups in total. The van der Waals surface area contributed by atoms with Gasteiger partial charge in [-0.2, -0.15) is 8.42 Å². The van der Waals surface area contributed by atoms with Crippen LogP contribution in [0.2, 0.25) is 0 Å². The third-order valence-electron chi connectivity index (χ3n) is 2.83. The fourth-order valence-electron chi connectivity index (χ4n) is 1.73. The van der Waals surface area contributed by atoms with E-state index in [2.05, 4.69) is 19.4 Å². The van der Waals surface area contributed by atoms with E-state index in [4.69, 9.17) is 4.55 Å². The molecule has 0 spiro atoms. The Hall–Kier alpha value is -1.88. The van der Waals surface area contributed by atoms with Gasteiger partial charge < -0.3 is 4.90 Å². The number of hydrogen-bond donors (Lipinski definition) is 1. The molecule has 0 fully saturated rings. The Kier molecular flexibility index (Phi) is 6.16. The fraction of sp³-hybridized carbons (Fsp3) is 0.308. The minimum Gasteiger partial charge on any atom is -0.375 e. The summed E-state index contributed by atoms with van der Waals surface area (Å²) in [6.45, 7) is 0.513. The standard InChI is InChI=1S/C13H16N4O4S2/c1-17(8-2-9-21-23(18,19)20)12-5-3-11(4-6-12)15-16-13-14-7-10-22-13/h3-7,10H,2,8-9H2,1H3,(H,18,19,20). The Bertz CT molecular complexity index is 730. The van der Waals surface area contributed by atoms with Crippen molar-refractivity contribution in [1.82, 2.24) is 4.98 Å². The summed E-state index contributed by atoms with van der Waals surface area (Å²) in [6.07, 6.45) is 2.13. The van der Waals surface area contributed by atoms with Crippen LogP contribution in [0.4, 0.5) is 16.5 Å². The highest BCUT2D eigenvalue weighted by Gasteiger charge is 2.05. The summed E-state index contributed by atoms with van der Waals surface area (Å²) in [7, 11) is -2.49. The number of anilines is 1. The number of benzene rings is 1. The molecule has 124 valence electrons. The minimum absolute atomic E-state index is 0.0662. The Morgan fingerprint density at radius 3 is 2.65 bits per heavy atom. The normalized spacial score (nSPS) is 11.9.